The summed E-state index contributed by atoms with van der Waals surface area (Å²) < 4.78 is 10.3. The summed E-state index contributed by atoms with van der Waals surface area (Å²) >= 11 is 0. The summed E-state index contributed by atoms with van der Waals surface area (Å²) in [6.45, 7) is 2.29. The van der Waals surface area contributed by atoms with Crippen molar-refractivity contribution < 1.29 is 14.3 Å². The third-order valence-corrected chi connectivity index (χ3v) is 2.15. The topological polar surface area (TPSA) is 47.6 Å². The molecule has 1 amide bonds. The highest BCUT2D eigenvalue weighted by Gasteiger charge is 2.15. The molecule has 1 aliphatic rings. The van der Waals surface area contributed by atoms with Crippen molar-refractivity contribution in [2.45, 2.75) is 6.92 Å². The molecule has 0 saturated carbocycles. The van der Waals surface area contributed by atoms with Crippen LogP contribution in [0.25, 0.3) is 0 Å². The molecule has 0 unspecified atom stereocenters. The Kier molecular flexibility index (Phi) is 2.97. The predicted octanol–water partition coefficient (Wildman–Crippen LogP) is 1.17. The second kappa shape index (κ2) is 4.58. The Labute approximate surface area is 93.6 Å². The zero-order chi connectivity index (χ0) is 11.4. The van der Waals surface area contributed by atoms with Crippen molar-refractivity contribution in [2.24, 2.45) is 0 Å². The fourth-order valence-electron chi connectivity index (χ4n) is 1.35. The van der Waals surface area contributed by atoms with Gasteiger partial charge in [0, 0.05) is 5.56 Å². The van der Waals surface area contributed by atoms with E-state index in [2.05, 4.69) is 17.2 Å². The monoisotopic (exact) mass is 217 g/mol. The Morgan fingerprint density at radius 3 is 3.06 bits per heavy atom. The molecule has 82 valence electrons. The molecule has 1 N–H and O–H groups in total. The van der Waals surface area contributed by atoms with Crippen LogP contribution in [0.1, 0.15) is 17.3 Å². The van der Waals surface area contributed by atoms with Gasteiger partial charge in [-0.1, -0.05) is 5.92 Å². The second-order valence-electron chi connectivity index (χ2n) is 3.18. The van der Waals surface area contributed by atoms with Gasteiger partial charge in [-0.3, -0.25) is 4.79 Å². The van der Waals surface area contributed by atoms with Gasteiger partial charge in [0.2, 0.25) is 6.79 Å². The first kappa shape index (κ1) is 10.4. The normalized spacial score (nSPS) is 11.6. The molecule has 0 spiro atoms. The van der Waals surface area contributed by atoms with Crippen LogP contribution in [-0.2, 0) is 0 Å². The Hall–Kier alpha value is -2.15. The van der Waals surface area contributed by atoms with Crippen LogP contribution in [0.2, 0.25) is 0 Å². The summed E-state index contributed by atoms with van der Waals surface area (Å²) in [4.78, 5) is 11.6. The maximum absolute atomic E-state index is 11.6. The Bertz CT molecular complexity index is 471. The molecule has 0 aliphatic carbocycles. The highest BCUT2D eigenvalue weighted by atomic mass is 16.7. The average Bonchev–Trinajstić information content (AvgIpc) is 2.76. The second-order valence-corrected chi connectivity index (χ2v) is 3.18. The lowest BCUT2D eigenvalue weighted by molar-refractivity contribution is 0.0958. The largest absolute Gasteiger partial charge is 0.454 e. The molecule has 4 nitrogen and oxygen atoms in total. The van der Waals surface area contributed by atoms with E-state index < -0.39 is 0 Å². The van der Waals surface area contributed by atoms with Crippen LogP contribution >= 0.6 is 0 Å². The highest BCUT2D eigenvalue weighted by molar-refractivity contribution is 5.95. The van der Waals surface area contributed by atoms with Gasteiger partial charge in [0.15, 0.2) is 11.5 Å². The Balaban J connectivity index is 2.08. The molecular formula is C12H11NO3. The predicted molar refractivity (Wildman–Crippen MR) is 58.3 cm³/mol. The molecule has 1 aromatic rings. The van der Waals surface area contributed by atoms with Crippen LogP contribution in [0.15, 0.2) is 18.2 Å². The molecule has 4 heteroatoms. The molecule has 1 aliphatic heterocycles. The minimum atomic E-state index is -0.166. The van der Waals surface area contributed by atoms with Gasteiger partial charge < -0.3 is 14.8 Å². The molecule has 2 rings (SSSR count). The molecular weight excluding hydrogens is 206 g/mol. The van der Waals surface area contributed by atoms with Gasteiger partial charge in [-0.05, 0) is 25.1 Å². The fourth-order valence-corrected chi connectivity index (χ4v) is 1.35. The van der Waals surface area contributed by atoms with E-state index in [4.69, 9.17) is 9.47 Å². The van der Waals surface area contributed by atoms with Crippen molar-refractivity contribution in [3.63, 3.8) is 0 Å². The van der Waals surface area contributed by atoms with Gasteiger partial charge in [0.25, 0.3) is 5.91 Å². The number of carbonyl (C=O) groups excluding carboxylic acids is 1. The van der Waals surface area contributed by atoms with Crippen molar-refractivity contribution in [3.8, 4) is 23.3 Å². The fraction of sp³-hybridized carbons (Fsp3) is 0.250. The van der Waals surface area contributed by atoms with Gasteiger partial charge in [-0.2, -0.15) is 0 Å². The minimum absolute atomic E-state index is 0.166. The Morgan fingerprint density at radius 2 is 2.25 bits per heavy atom. The smallest absolute Gasteiger partial charge is 0.252 e. The van der Waals surface area contributed by atoms with Crippen LogP contribution in [0, 0.1) is 11.8 Å². The van der Waals surface area contributed by atoms with Crippen molar-refractivity contribution >= 4 is 5.91 Å². The number of nitrogens with one attached hydrogen (secondary N) is 1. The van der Waals surface area contributed by atoms with Crippen LogP contribution in [0.3, 0.4) is 0 Å². The molecule has 0 fully saturated rings. The first-order valence-electron chi connectivity index (χ1n) is 4.88. The summed E-state index contributed by atoms with van der Waals surface area (Å²) in [5.74, 6) is 6.58. The molecule has 0 radical (unpaired) electrons. The standard InChI is InChI=1S/C12H11NO3/c1-2-3-6-13-12(14)9-4-5-10-11(7-9)16-8-15-10/h4-5,7H,6,8H2,1H3,(H,13,14). The van der Waals surface area contributed by atoms with Crippen LogP contribution in [0.5, 0.6) is 11.5 Å². The van der Waals surface area contributed by atoms with E-state index in [1.807, 2.05) is 0 Å². The SMILES string of the molecule is CC#CCNC(=O)c1ccc2c(c1)OCO2. The quantitative estimate of drug-likeness (QED) is 0.756. The lowest BCUT2D eigenvalue weighted by atomic mass is 10.2. The number of ether oxygens (including phenoxy) is 2. The third kappa shape index (κ3) is 2.09. The van der Waals surface area contributed by atoms with Gasteiger partial charge in [-0.25, -0.2) is 0 Å². The first-order valence-corrected chi connectivity index (χ1v) is 4.88. The van der Waals surface area contributed by atoms with E-state index in [9.17, 15) is 4.79 Å². The zero-order valence-corrected chi connectivity index (χ0v) is 8.87. The number of carbonyl (C=O) groups is 1. The molecule has 1 heterocycles. The number of fused-ring (bicyclic) bond motifs is 1. The lowest BCUT2D eigenvalue weighted by Crippen LogP contribution is -2.23. The number of hydrogen-bond donors (Lipinski definition) is 1. The molecule has 0 aromatic heterocycles. The number of hydrogen-bond acceptors (Lipinski definition) is 3. The summed E-state index contributed by atoms with van der Waals surface area (Å²) in [5.41, 5.74) is 0.544. The van der Waals surface area contributed by atoms with Crippen LogP contribution < -0.4 is 14.8 Å². The number of rotatable bonds is 2. The van der Waals surface area contributed by atoms with Gasteiger partial charge in [0.1, 0.15) is 0 Å². The van der Waals surface area contributed by atoms with Crippen molar-refractivity contribution in [1.82, 2.24) is 5.32 Å². The van der Waals surface area contributed by atoms with Gasteiger partial charge >= 0.3 is 0 Å². The lowest BCUT2D eigenvalue weighted by Gasteiger charge is -2.02. The van der Waals surface area contributed by atoms with E-state index in [0.29, 0.717) is 23.6 Å². The summed E-state index contributed by atoms with van der Waals surface area (Å²) in [7, 11) is 0. The zero-order valence-electron chi connectivity index (χ0n) is 8.87. The van der Waals surface area contributed by atoms with Gasteiger partial charge in [0.05, 0.1) is 6.54 Å². The summed E-state index contributed by atoms with van der Waals surface area (Å²) in [6, 6.07) is 5.09. The van der Waals surface area contributed by atoms with E-state index in [0.717, 1.165) is 0 Å². The van der Waals surface area contributed by atoms with E-state index in [-0.39, 0.29) is 12.7 Å². The molecule has 0 bridgehead atoms. The average molecular weight is 217 g/mol. The van der Waals surface area contributed by atoms with E-state index in [1.165, 1.54) is 0 Å². The van der Waals surface area contributed by atoms with Crippen molar-refractivity contribution in [2.75, 3.05) is 13.3 Å². The molecule has 0 saturated heterocycles. The van der Waals surface area contributed by atoms with E-state index >= 15 is 0 Å². The molecule has 1 aromatic carbocycles. The summed E-state index contributed by atoms with van der Waals surface area (Å²) in [5, 5.41) is 2.68. The van der Waals surface area contributed by atoms with Crippen molar-refractivity contribution in [1.29, 1.82) is 0 Å². The minimum Gasteiger partial charge on any atom is -0.454 e. The Morgan fingerprint density at radius 1 is 1.44 bits per heavy atom. The van der Waals surface area contributed by atoms with Gasteiger partial charge in [-0.15, -0.1) is 5.92 Å². The number of benzene rings is 1. The molecule has 16 heavy (non-hydrogen) atoms. The van der Waals surface area contributed by atoms with Crippen molar-refractivity contribution in [3.05, 3.63) is 23.8 Å². The van der Waals surface area contributed by atoms with E-state index in [1.54, 1.807) is 25.1 Å². The maximum atomic E-state index is 11.6. The van der Waals surface area contributed by atoms with Crippen LogP contribution in [-0.4, -0.2) is 19.2 Å². The third-order valence-electron chi connectivity index (χ3n) is 2.15. The first-order chi connectivity index (χ1) is 7.81. The van der Waals surface area contributed by atoms with Crippen LogP contribution in [0.4, 0.5) is 0 Å². The highest BCUT2D eigenvalue weighted by Crippen LogP contribution is 2.32. The maximum Gasteiger partial charge on any atom is 0.252 e. The number of amides is 1. The molecule has 0 atom stereocenters. The summed E-state index contributed by atoms with van der Waals surface area (Å²) in [6.07, 6.45) is 0.